The lowest BCUT2D eigenvalue weighted by Crippen LogP contribution is -2.15. The highest BCUT2D eigenvalue weighted by atomic mass is 35.5. The van der Waals surface area contributed by atoms with E-state index in [1.54, 1.807) is 0 Å². The molecule has 1 unspecified atom stereocenters. The van der Waals surface area contributed by atoms with Gasteiger partial charge in [0.15, 0.2) is 0 Å². The number of rotatable bonds is 6. The zero-order valence-electron chi connectivity index (χ0n) is 9.01. The third-order valence-corrected chi connectivity index (χ3v) is 2.52. The fraction of sp³-hybridized carbons (Fsp3) is 0.455. The summed E-state index contributed by atoms with van der Waals surface area (Å²) < 4.78 is 41.2. The lowest BCUT2D eigenvalue weighted by Gasteiger charge is -2.13. The smallest absolute Gasteiger partial charge is 0.261 e. The highest BCUT2D eigenvalue weighted by molar-refractivity contribution is 6.31. The molecule has 0 aromatic heterocycles. The Bertz CT molecular complexity index is 363. The van der Waals surface area contributed by atoms with Crippen molar-refractivity contribution in [1.82, 2.24) is 0 Å². The van der Waals surface area contributed by atoms with Crippen molar-refractivity contribution in [3.8, 4) is 0 Å². The molecule has 0 saturated carbocycles. The minimum absolute atomic E-state index is 0.0817. The Morgan fingerprint density at radius 3 is 2.71 bits per heavy atom. The van der Waals surface area contributed by atoms with Gasteiger partial charge in [-0.05, 0) is 30.2 Å². The van der Waals surface area contributed by atoms with E-state index in [1.807, 2.05) is 0 Å². The Kier molecular flexibility index (Phi) is 5.74. The summed E-state index contributed by atoms with van der Waals surface area (Å²) in [6.07, 6.45) is -2.19. The van der Waals surface area contributed by atoms with E-state index in [0.717, 1.165) is 0 Å². The highest BCUT2D eigenvalue weighted by Gasteiger charge is 2.11. The van der Waals surface area contributed by atoms with E-state index in [2.05, 4.69) is 0 Å². The van der Waals surface area contributed by atoms with Gasteiger partial charge >= 0.3 is 0 Å². The van der Waals surface area contributed by atoms with Gasteiger partial charge in [0, 0.05) is 17.7 Å². The van der Waals surface area contributed by atoms with Crippen molar-refractivity contribution >= 4 is 11.6 Å². The van der Waals surface area contributed by atoms with E-state index in [0.29, 0.717) is 17.0 Å². The summed E-state index contributed by atoms with van der Waals surface area (Å²) in [5.41, 5.74) is 6.21. The van der Waals surface area contributed by atoms with Gasteiger partial charge in [-0.1, -0.05) is 11.6 Å². The second kappa shape index (κ2) is 6.83. The molecule has 0 spiro atoms. The first-order valence-electron chi connectivity index (χ1n) is 5.07. The van der Waals surface area contributed by atoms with Gasteiger partial charge < -0.3 is 10.5 Å². The van der Waals surface area contributed by atoms with Crippen LogP contribution in [0.5, 0.6) is 0 Å². The van der Waals surface area contributed by atoms with Crippen LogP contribution < -0.4 is 5.73 Å². The van der Waals surface area contributed by atoms with Gasteiger partial charge in [-0.2, -0.15) is 0 Å². The number of halogens is 4. The number of nitrogens with two attached hydrogens (primary N) is 1. The molecule has 0 fully saturated rings. The monoisotopic (exact) mass is 267 g/mol. The SMILES string of the molecule is NC(CCOCC(F)F)c1cc(F)ccc1Cl. The van der Waals surface area contributed by atoms with Crippen LogP contribution in [0.3, 0.4) is 0 Å². The molecular weight excluding hydrogens is 255 g/mol. The van der Waals surface area contributed by atoms with Gasteiger partial charge in [-0.25, -0.2) is 13.2 Å². The van der Waals surface area contributed by atoms with Crippen molar-refractivity contribution in [2.75, 3.05) is 13.2 Å². The first-order chi connectivity index (χ1) is 8.00. The summed E-state index contributed by atoms with van der Waals surface area (Å²) in [4.78, 5) is 0. The lowest BCUT2D eigenvalue weighted by molar-refractivity contribution is 0.0152. The minimum Gasteiger partial charge on any atom is -0.375 e. The predicted molar refractivity (Wildman–Crippen MR) is 59.8 cm³/mol. The number of hydrogen-bond donors (Lipinski definition) is 1. The summed E-state index contributed by atoms with van der Waals surface area (Å²) in [6.45, 7) is -0.540. The van der Waals surface area contributed by atoms with Crippen LogP contribution in [-0.4, -0.2) is 19.6 Å². The average molecular weight is 268 g/mol. The first kappa shape index (κ1) is 14.3. The normalized spacial score (nSPS) is 13.1. The number of benzene rings is 1. The van der Waals surface area contributed by atoms with Gasteiger partial charge in [-0.3, -0.25) is 0 Å². The Labute approximate surface area is 103 Å². The van der Waals surface area contributed by atoms with Gasteiger partial charge in [0.1, 0.15) is 12.4 Å². The van der Waals surface area contributed by atoms with E-state index in [-0.39, 0.29) is 6.61 Å². The average Bonchev–Trinajstić information content (AvgIpc) is 2.27. The third kappa shape index (κ3) is 4.93. The van der Waals surface area contributed by atoms with Crippen molar-refractivity contribution in [1.29, 1.82) is 0 Å². The number of alkyl halides is 2. The molecule has 1 atom stereocenters. The third-order valence-electron chi connectivity index (χ3n) is 2.17. The molecule has 17 heavy (non-hydrogen) atoms. The summed E-state index contributed by atoms with van der Waals surface area (Å²) in [5.74, 6) is -0.437. The van der Waals surface area contributed by atoms with Crippen LogP contribution in [0.15, 0.2) is 18.2 Å². The molecule has 0 radical (unpaired) electrons. The molecule has 1 aromatic carbocycles. The molecule has 6 heteroatoms. The molecule has 0 heterocycles. The van der Waals surface area contributed by atoms with E-state index >= 15 is 0 Å². The summed E-state index contributed by atoms with van der Waals surface area (Å²) in [7, 11) is 0. The molecular formula is C11H13ClF3NO. The van der Waals surface area contributed by atoms with Gasteiger partial charge in [-0.15, -0.1) is 0 Å². The van der Waals surface area contributed by atoms with Crippen LogP contribution in [0.2, 0.25) is 5.02 Å². The second-order valence-corrected chi connectivity index (χ2v) is 3.93. The molecule has 96 valence electrons. The summed E-state index contributed by atoms with van der Waals surface area (Å²) >= 11 is 5.85. The maximum absolute atomic E-state index is 13.0. The molecule has 0 aliphatic heterocycles. The lowest BCUT2D eigenvalue weighted by atomic mass is 10.1. The number of ether oxygens (including phenoxy) is 1. The van der Waals surface area contributed by atoms with Gasteiger partial charge in [0.25, 0.3) is 6.43 Å². The fourth-order valence-electron chi connectivity index (χ4n) is 1.34. The van der Waals surface area contributed by atoms with Crippen molar-refractivity contribution in [2.24, 2.45) is 5.73 Å². The summed E-state index contributed by atoms with van der Waals surface area (Å²) in [6, 6.07) is 3.34. The molecule has 0 saturated heterocycles. The van der Waals surface area contributed by atoms with Crippen molar-refractivity contribution in [3.05, 3.63) is 34.6 Å². The fourth-order valence-corrected chi connectivity index (χ4v) is 1.59. The Morgan fingerprint density at radius 1 is 1.35 bits per heavy atom. The molecule has 2 N–H and O–H groups in total. The van der Waals surface area contributed by atoms with Crippen LogP contribution >= 0.6 is 11.6 Å². The van der Waals surface area contributed by atoms with Crippen LogP contribution in [-0.2, 0) is 4.74 Å². The molecule has 1 rings (SSSR count). The zero-order chi connectivity index (χ0) is 12.8. The topological polar surface area (TPSA) is 35.2 Å². The van der Waals surface area contributed by atoms with Gasteiger partial charge in [0.2, 0.25) is 0 Å². The Balaban J connectivity index is 2.46. The van der Waals surface area contributed by atoms with Crippen LogP contribution in [0.25, 0.3) is 0 Å². The molecule has 0 aliphatic carbocycles. The van der Waals surface area contributed by atoms with E-state index in [9.17, 15) is 13.2 Å². The summed E-state index contributed by atoms with van der Waals surface area (Å²) in [5, 5.41) is 0.354. The molecule has 0 aliphatic rings. The quantitative estimate of drug-likeness (QED) is 0.804. The van der Waals surface area contributed by atoms with Crippen molar-refractivity contribution in [2.45, 2.75) is 18.9 Å². The largest absolute Gasteiger partial charge is 0.375 e. The van der Waals surface area contributed by atoms with Crippen LogP contribution in [0.4, 0.5) is 13.2 Å². The number of hydrogen-bond acceptors (Lipinski definition) is 2. The molecule has 1 aromatic rings. The Hall–Kier alpha value is -0.780. The standard InChI is InChI=1S/C11H13ClF3NO/c12-9-2-1-7(13)5-8(9)10(16)3-4-17-6-11(14)15/h1-2,5,10-11H,3-4,6,16H2. The minimum atomic E-state index is -2.50. The predicted octanol–water partition coefficient (Wildman–Crippen LogP) is 3.15. The van der Waals surface area contributed by atoms with Crippen molar-refractivity contribution in [3.63, 3.8) is 0 Å². The van der Waals surface area contributed by atoms with E-state index < -0.39 is 24.9 Å². The maximum atomic E-state index is 13.0. The van der Waals surface area contributed by atoms with Crippen LogP contribution in [0, 0.1) is 5.82 Å². The highest BCUT2D eigenvalue weighted by Crippen LogP contribution is 2.24. The van der Waals surface area contributed by atoms with Crippen LogP contribution in [0.1, 0.15) is 18.0 Å². The molecule has 0 amide bonds. The Morgan fingerprint density at radius 2 is 2.06 bits per heavy atom. The van der Waals surface area contributed by atoms with Gasteiger partial charge in [0.05, 0.1) is 0 Å². The first-order valence-corrected chi connectivity index (χ1v) is 5.45. The zero-order valence-corrected chi connectivity index (χ0v) is 9.76. The maximum Gasteiger partial charge on any atom is 0.261 e. The van der Waals surface area contributed by atoms with Crippen molar-refractivity contribution < 1.29 is 17.9 Å². The molecule has 2 nitrogen and oxygen atoms in total. The second-order valence-electron chi connectivity index (χ2n) is 3.53. The van der Waals surface area contributed by atoms with E-state index in [4.69, 9.17) is 22.1 Å². The van der Waals surface area contributed by atoms with E-state index in [1.165, 1.54) is 18.2 Å². The molecule has 0 bridgehead atoms.